The van der Waals surface area contributed by atoms with Gasteiger partial charge < -0.3 is 10.6 Å². The highest BCUT2D eigenvalue weighted by atomic mass is 127. The van der Waals surface area contributed by atoms with E-state index in [9.17, 15) is 14.9 Å². The molecule has 0 aliphatic heterocycles. The molecule has 0 saturated heterocycles. The highest BCUT2D eigenvalue weighted by Gasteiger charge is 2.12. The molecule has 0 spiro atoms. The van der Waals surface area contributed by atoms with E-state index in [4.69, 9.17) is 0 Å². The molecule has 0 fully saturated rings. The molecule has 23 heavy (non-hydrogen) atoms. The number of carbonyl (C=O) groups excluding carboxylic acids is 1. The third-order valence-corrected chi connectivity index (χ3v) is 4.39. The van der Waals surface area contributed by atoms with Gasteiger partial charge in [0.2, 0.25) is 5.91 Å². The van der Waals surface area contributed by atoms with Crippen molar-refractivity contribution in [2.45, 2.75) is 13.3 Å². The van der Waals surface area contributed by atoms with Crippen LogP contribution in [0.3, 0.4) is 0 Å². The Balaban J connectivity index is 1.88. The first-order valence-corrected chi connectivity index (χ1v) is 8.08. The summed E-state index contributed by atoms with van der Waals surface area (Å²) in [5, 5.41) is 16.6. The third kappa shape index (κ3) is 4.92. The van der Waals surface area contributed by atoms with Crippen molar-refractivity contribution in [3.63, 3.8) is 0 Å². The first kappa shape index (κ1) is 17.2. The van der Waals surface area contributed by atoms with Gasteiger partial charge in [-0.1, -0.05) is 18.2 Å². The van der Waals surface area contributed by atoms with Crippen LogP contribution in [0.1, 0.15) is 12.0 Å². The van der Waals surface area contributed by atoms with E-state index in [0.717, 1.165) is 14.8 Å². The number of carbonyl (C=O) groups is 1. The second-order valence-electron chi connectivity index (χ2n) is 4.96. The molecule has 0 heterocycles. The average Bonchev–Trinajstić information content (AvgIpc) is 2.51. The van der Waals surface area contributed by atoms with E-state index >= 15 is 0 Å². The quantitative estimate of drug-likeness (QED) is 0.417. The molecule has 0 saturated carbocycles. The Morgan fingerprint density at radius 2 is 2.00 bits per heavy atom. The van der Waals surface area contributed by atoms with Crippen molar-refractivity contribution in [2.75, 3.05) is 17.2 Å². The Morgan fingerprint density at radius 3 is 2.70 bits per heavy atom. The van der Waals surface area contributed by atoms with Gasteiger partial charge in [0, 0.05) is 28.3 Å². The summed E-state index contributed by atoms with van der Waals surface area (Å²) < 4.78 is 1.08. The van der Waals surface area contributed by atoms with Crippen LogP contribution in [0.25, 0.3) is 0 Å². The molecule has 7 heteroatoms. The zero-order chi connectivity index (χ0) is 16.8. The maximum atomic E-state index is 11.9. The van der Waals surface area contributed by atoms with Gasteiger partial charge in [-0.05, 0) is 53.3 Å². The number of aryl methyl sites for hydroxylation is 1. The fourth-order valence-corrected chi connectivity index (χ4v) is 2.50. The molecule has 0 aliphatic rings. The maximum Gasteiger partial charge on any atom is 0.292 e. The average molecular weight is 425 g/mol. The van der Waals surface area contributed by atoms with Crippen LogP contribution in [0.15, 0.2) is 42.5 Å². The lowest BCUT2D eigenvalue weighted by Gasteiger charge is -2.09. The van der Waals surface area contributed by atoms with Crippen molar-refractivity contribution in [1.82, 2.24) is 0 Å². The normalized spacial score (nSPS) is 10.2. The smallest absolute Gasteiger partial charge is 0.292 e. The van der Waals surface area contributed by atoms with Crippen molar-refractivity contribution in [1.29, 1.82) is 0 Å². The number of amides is 1. The molecule has 0 unspecified atom stereocenters. The van der Waals surface area contributed by atoms with Crippen molar-refractivity contribution < 1.29 is 9.72 Å². The van der Waals surface area contributed by atoms with Crippen molar-refractivity contribution in [3.8, 4) is 0 Å². The number of rotatable bonds is 6. The highest BCUT2D eigenvalue weighted by Crippen LogP contribution is 2.23. The van der Waals surface area contributed by atoms with E-state index in [-0.39, 0.29) is 18.0 Å². The Labute approximate surface area is 147 Å². The van der Waals surface area contributed by atoms with Gasteiger partial charge >= 0.3 is 0 Å². The maximum absolute atomic E-state index is 11.9. The van der Waals surface area contributed by atoms with Gasteiger partial charge in [0.25, 0.3) is 5.69 Å². The largest absolute Gasteiger partial charge is 0.379 e. The van der Waals surface area contributed by atoms with Gasteiger partial charge in [0.05, 0.1) is 4.92 Å². The number of halogens is 1. The molecule has 0 atom stereocenters. The minimum absolute atomic E-state index is 0.000923. The first-order valence-electron chi connectivity index (χ1n) is 7.00. The number of hydrogen-bond acceptors (Lipinski definition) is 4. The van der Waals surface area contributed by atoms with E-state index in [1.807, 2.05) is 25.1 Å². The summed E-state index contributed by atoms with van der Waals surface area (Å²) in [7, 11) is 0. The van der Waals surface area contributed by atoms with Gasteiger partial charge in [-0.3, -0.25) is 14.9 Å². The lowest BCUT2D eigenvalue weighted by atomic mass is 10.2. The van der Waals surface area contributed by atoms with Gasteiger partial charge in [-0.25, -0.2) is 0 Å². The molecule has 2 aromatic carbocycles. The van der Waals surface area contributed by atoms with E-state index in [1.165, 1.54) is 6.07 Å². The number of nitrogens with zero attached hydrogens (tertiary/aromatic N) is 1. The van der Waals surface area contributed by atoms with Crippen LogP contribution in [-0.4, -0.2) is 17.4 Å². The third-order valence-electron chi connectivity index (χ3n) is 3.22. The molecule has 0 aliphatic carbocycles. The van der Waals surface area contributed by atoms with Crippen molar-refractivity contribution >= 4 is 45.6 Å². The minimum Gasteiger partial charge on any atom is -0.379 e. The standard InChI is InChI=1S/C16H16IN3O3/c1-11-6-7-12(10-13(11)17)19-16(21)8-9-18-14-4-2-3-5-15(14)20(22)23/h2-7,10,18H,8-9H2,1H3,(H,19,21). The van der Waals surface area contributed by atoms with Crippen LogP contribution >= 0.6 is 22.6 Å². The molecule has 120 valence electrons. The zero-order valence-corrected chi connectivity index (χ0v) is 14.7. The molecule has 1 amide bonds. The summed E-state index contributed by atoms with van der Waals surface area (Å²) in [4.78, 5) is 22.4. The first-order chi connectivity index (χ1) is 11.0. The van der Waals surface area contributed by atoms with Crippen LogP contribution in [0.2, 0.25) is 0 Å². The molecule has 0 radical (unpaired) electrons. The predicted octanol–water partition coefficient (Wildman–Crippen LogP) is 3.95. The number of nitro groups is 1. The molecule has 2 rings (SSSR count). The van der Waals surface area contributed by atoms with Crippen LogP contribution in [0.5, 0.6) is 0 Å². The van der Waals surface area contributed by atoms with Crippen LogP contribution in [0.4, 0.5) is 17.1 Å². The van der Waals surface area contributed by atoms with E-state index < -0.39 is 4.92 Å². The summed E-state index contributed by atoms with van der Waals surface area (Å²) in [5.41, 5.74) is 2.31. The molecular formula is C16H16IN3O3. The van der Waals surface area contributed by atoms with Gasteiger partial charge in [0.1, 0.15) is 5.69 Å². The predicted molar refractivity (Wildman–Crippen MR) is 98.7 cm³/mol. The van der Waals surface area contributed by atoms with Crippen LogP contribution < -0.4 is 10.6 Å². The number of benzene rings is 2. The number of nitro benzene ring substituents is 1. The lowest BCUT2D eigenvalue weighted by Crippen LogP contribution is -2.16. The van der Waals surface area contributed by atoms with Gasteiger partial charge in [-0.15, -0.1) is 0 Å². The van der Waals surface area contributed by atoms with Crippen LogP contribution in [-0.2, 0) is 4.79 Å². The SMILES string of the molecule is Cc1ccc(NC(=O)CCNc2ccccc2[N+](=O)[O-])cc1I. The number of nitrogens with one attached hydrogen (secondary N) is 2. The Kier molecular flexibility index (Phi) is 5.91. The number of hydrogen-bond donors (Lipinski definition) is 2. The fraction of sp³-hybridized carbons (Fsp3) is 0.188. The molecule has 6 nitrogen and oxygen atoms in total. The molecule has 2 aromatic rings. The van der Waals surface area contributed by atoms with E-state index in [2.05, 4.69) is 33.2 Å². The molecule has 0 bridgehead atoms. The lowest BCUT2D eigenvalue weighted by molar-refractivity contribution is -0.384. The Hall–Kier alpha value is -2.16. The second kappa shape index (κ2) is 7.91. The Bertz CT molecular complexity index is 734. The number of anilines is 2. The van der Waals surface area contributed by atoms with Gasteiger partial charge in [-0.2, -0.15) is 0 Å². The van der Waals surface area contributed by atoms with E-state index in [1.54, 1.807) is 18.2 Å². The summed E-state index contributed by atoms with van der Waals surface area (Å²) in [6, 6.07) is 12.1. The van der Waals surface area contributed by atoms with E-state index in [0.29, 0.717) is 12.2 Å². The monoisotopic (exact) mass is 425 g/mol. The molecule has 0 aromatic heterocycles. The van der Waals surface area contributed by atoms with Crippen LogP contribution in [0, 0.1) is 20.6 Å². The molecule has 2 N–H and O–H groups in total. The second-order valence-corrected chi connectivity index (χ2v) is 6.13. The van der Waals surface area contributed by atoms with Crippen molar-refractivity contribution in [3.05, 3.63) is 61.7 Å². The van der Waals surface area contributed by atoms with Crippen molar-refractivity contribution in [2.24, 2.45) is 0 Å². The van der Waals surface area contributed by atoms with Gasteiger partial charge in [0.15, 0.2) is 0 Å². The summed E-state index contributed by atoms with van der Waals surface area (Å²) in [5.74, 6) is -0.143. The number of para-hydroxylation sites is 2. The summed E-state index contributed by atoms with van der Waals surface area (Å²) in [6.45, 7) is 2.32. The highest BCUT2D eigenvalue weighted by molar-refractivity contribution is 14.1. The minimum atomic E-state index is -0.448. The summed E-state index contributed by atoms with van der Waals surface area (Å²) >= 11 is 2.22. The fourth-order valence-electron chi connectivity index (χ4n) is 1.99. The summed E-state index contributed by atoms with van der Waals surface area (Å²) in [6.07, 6.45) is 0.219. The zero-order valence-electron chi connectivity index (χ0n) is 12.5. The topological polar surface area (TPSA) is 84.3 Å². The molecular weight excluding hydrogens is 409 g/mol. The Morgan fingerprint density at radius 1 is 1.26 bits per heavy atom.